The smallest absolute Gasteiger partial charge is 0.129 e. The summed E-state index contributed by atoms with van der Waals surface area (Å²) in [5, 5.41) is 0. The van der Waals surface area contributed by atoms with Gasteiger partial charge in [-0.3, -0.25) is 0 Å². The fraction of sp³-hybridized carbons (Fsp3) is 0.294. The van der Waals surface area contributed by atoms with Gasteiger partial charge >= 0.3 is 0 Å². The molecule has 0 fully saturated rings. The van der Waals surface area contributed by atoms with E-state index in [-0.39, 0.29) is 23.7 Å². The Morgan fingerprint density at radius 2 is 1.33 bits per heavy atom. The summed E-state index contributed by atoms with van der Waals surface area (Å²) in [6.07, 6.45) is 0.752. The lowest BCUT2D eigenvalue weighted by atomic mass is 9.79. The first kappa shape index (κ1) is 16.3. The summed E-state index contributed by atoms with van der Waals surface area (Å²) in [5.74, 6) is -0.636. The Labute approximate surface area is 133 Å². The molecular formula is C17H16Cl2F2. The topological polar surface area (TPSA) is 0 Å². The zero-order valence-electron chi connectivity index (χ0n) is 11.5. The Balaban J connectivity index is 2.30. The third kappa shape index (κ3) is 3.96. The molecule has 0 saturated carbocycles. The number of rotatable bonds is 6. The van der Waals surface area contributed by atoms with Gasteiger partial charge in [0.15, 0.2) is 0 Å². The molecule has 0 aliphatic carbocycles. The first-order valence-electron chi connectivity index (χ1n) is 6.69. The van der Waals surface area contributed by atoms with Crippen LogP contribution in [0.2, 0.25) is 0 Å². The van der Waals surface area contributed by atoms with Crippen molar-refractivity contribution in [2.24, 2.45) is 5.41 Å². The van der Waals surface area contributed by atoms with Crippen LogP contribution < -0.4 is 0 Å². The maximum absolute atomic E-state index is 13.9. The van der Waals surface area contributed by atoms with Gasteiger partial charge in [-0.15, -0.1) is 23.2 Å². The molecule has 0 aliphatic heterocycles. The summed E-state index contributed by atoms with van der Waals surface area (Å²) >= 11 is 12.2. The lowest BCUT2D eigenvalue weighted by Gasteiger charge is -2.30. The van der Waals surface area contributed by atoms with Crippen LogP contribution in [0.1, 0.15) is 11.1 Å². The highest BCUT2D eigenvalue weighted by atomic mass is 35.5. The van der Waals surface area contributed by atoms with Crippen LogP contribution in [-0.2, 0) is 12.8 Å². The Hall–Kier alpha value is -1.12. The SMILES string of the molecule is Fc1cccc(F)c1CC(CCl)(CCl)Cc1ccccc1. The normalized spacial score (nSPS) is 11.6. The lowest BCUT2D eigenvalue weighted by molar-refractivity contribution is 0.359. The molecule has 21 heavy (non-hydrogen) atoms. The Morgan fingerprint density at radius 1 is 0.762 bits per heavy atom. The molecule has 0 unspecified atom stereocenters. The fourth-order valence-electron chi connectivity index (χ4n) is 2.39. The minimum atomic E-state index is -0.576. The number of alkyl halides is 2. The standard InChI is InChI=1S/C17H16Cl2F2/c18-11-17(12-19,9-13-5-2-1-3-6-13)10-14-15(20)7-4-8-16(14)21/h1-8H,9-12H2. The van der Waals surface area contributed by atoms with E-state index in [4.69, 9.17) is 23.2 Å². The second-order valence-corrected chi connectivity index (χ2v) is 5.84. The molecule has 0 aliphatic rings. The molecule has 0 spiro atoms. The van der Waals surface area contributed by atoms with Gasteiger partial charge in [0.05, 0.1) is 0 Å². The van der Waals surface area contributed by atoms with Crippen LogP contribution in [0.15, 0.2) is 48.5 Å². The predicted octanol–water partition coefficient (Wildman–Crippen LogP) is 5.21. The van der Waals surface area contributed by atoms with Crippen molar-refractivity contribution in [2.75, 3.05) is 11.8 Å². The van der Waals surface area contributed by atoms with Crippen molar-refractivity contribution in [3.05, 3.63) is 71.3 Å². The molecule has 0 nitrogen and oxygen atoms in total. The first-order chi connectivity index (χ1) is 10.1. The summed E-state index contributed by atoms with van der Waals surface area (Å²) in [7, 11) is 0. The molecule has 4 heteroatoms. The molecule has 0 atom stereocenters. The van der Waals surface area contributed by atoms with E-state index in [0.717, 1.165) is 5.56 Å². The zero-order valence-corrected chi connectivity index (χ0v) is 13.0. The molecule has 0 saturated heterocycles. The van der Waals surface area contributed by atoms with Crippen LogP contribution in [0.5, 0.6) is 0 Å². The predicted molar refractivity (Wildman–Crippen MR) is 84.1 cm³/mol. The van der Waals surface area contributed by atoms with Crippen LogP contribution in [-0.4, -0.2) is 11.8 Å². The third-order valence-corrected chi connectivity index (χ3v) is 4.74. The fourth-order valence-corrected chi connectivity index (χ4v) is 3.06. The van der Waals surface area contributed by atoms with Crippen LogP contribution >= 0.6 is 23.2 Å². The number of benzene rings is 2. The summed E-state index contributed by atoms with van der Waals surface area (Å²) in [5.41, 5.74) is 0.526. The maximum atomic E-state index is 13.9. The van der Waals surface area contributed by atoms with Crippen molar-refractivity contribution < 1.29 is 8.78 Å². The van der Waals surface area contributed by atoms with Crippen molar-refractivity contribution in [2.45, 2.75) is 12.8 Å². The monoisotopic (exact) mass is 328 g/mol. The van der Waals surface area contributed by atoms with Crippen molar-refractivity contribution in [3.8, 4) is 0 Å². The van der Waals surface area contributed by atoms with Crippen molar-refractivity contribution >= 4 is 23.2 Å². The van der Waals surface area contributed by atoms with Gasteiger partial charge in [-0.25, -0.2) is 8.78 Å². The van der Waals surface area contributed by atoms with E-state index < -0.39 is 17.0 Å². The number of hydrogen-bond donors (Lipinski definition) is 0. The Bertz CT molecular complexity index is 560. The molecular weight excluding hydrogens is 313 g/mol. The summed E-state index contributed by atoms with van der Waals surface area (Å²) in [6, 6.07) is 13.6. The molecule has 0 amide bonds. The molecule has 2 aromatic rings. The average Bonchev–Trinajstić information content (AvgIpc) is 2.51. The van der Waals surface area contributed by atoms with E-state index in [1.807, 2.05) is 30.3 Å². The van der Waals surface area contributed by atoms with Gasteiger partial charge in [0.1, 0.15) is 11.6 Å². The molecule has 0 bridgehead atoms. The Morgan fingerprint density at radius 3 is 1.86 bits per heavy atom. The summed E-state index contributed by atoms with van der Waals surface area (Å²) in [6.45, 7) is 0. The molecule has 2 aromatic carbocycles. The zero-order chi connectivity index (χ0) is 15.3. The molecule has 0 N–H and O–H groups in total. The van der Waals surface area contributed by atoms with Gasteiger partial charge in [0, 0.05) is 22.7 Å². The van der Waals surface area contributed by atoms with Crippen LogP contribution in [0.4, 0.5) is 8.78 Å². The second kappa shape index (κ2) is 7.24. The second-order valence-electron chi connectivity index (χ2n) is 5.31. The van der Waals surface area contributed by atoms with E-state index in [2.05, 4.69) is 0 Å². The van der Waals surface area contributed by atoms with E-state index in [0.29, 0.717) is 6.42 Å². The molecule has 0 aromatic heterocycles. The average molecular weight is 329 g/mol. The van der Waals surface area contributed by atoms with Crippen molar-refractivity contribution in [1.82, 2.24) is 0 Å². The van der Waals surface area contributed by atoms with Crippen LogP contribution in [0, 0.1) is 17.0 Å². The van der Waals surface area contributed by atoms with E-state index in [1.165, 1.54) is 18.2 Å². The first-order valence-corrected chi connectivity index (χ1v) is 7.76. The highest BCUT2D eigenvalue weighted by Crippen LogP contribution is 2.32. The minimum Gasteiger partial charge on any atom is -0.207 e. The molecule has 2 rings (SSSR count). The van der Waals surface area contributed by atoms with Gasteiger partial charge in [0.25, 0.3) is 0 Å². The quantitative estimate of drug-likeness (QED) is 0.638. The van der Waals surface area contributed by atoms with Crippen LogP contribution in [0.3, 0.4) is 0 Å². The van der Waals surface area contributed by atoms with Crippen LogP contribution in [0.25, 0.3) is 0 Å². The van der Waals surface area contributed by atoms with Gasteiger partial charge in [-0.05, 0) is 30.5 Å². The maximum Gasteiger partial charge on any atom is 0.129 e. The number of hydrogen-bond acceptors (Lipinski definition) is 0. The molecule has 0 radical (unpaired) electrons. The van der Waals surface area contributed by atoms with Crippen molar-refractivity contribution in [1.29, 1.82) is 0 Å². The highest BCUT2D eigenvalue weighted by Gasteiger charge is 2.31. The highest BCUT2D eigenvalue weighted by molar-refractivity contribution is 6.21. The van der Waals surface area contributed by atoms with E-state index in [9.17, 15) is 8.78 Å². The van der Waals surface area contributed by atoms with Gasteiger partial charge in [-0.1, -0.05) is 36.4 Å². The van der Waals surface area contributed by atoms with E-state index >= 15 is 0 Å². The summed E-state index contributed by atoms with van der Waals surface area (Å²) < 4.78 is 27.7. The molecule has 0 heterocycles. The number of halogens is 4. The van der Waals surface area contributed by atoms with E-state index in [1.54, 1.807) is 0 Å². The van der Waals surface area contributed by atoms with Gasteiger partial charge < -0.3 is 0 Å². The van der Waals surface area contributed by atoms with Gasteiger partial charge in [-0.2, -0.15) is 0 Å². The lowest BCUT2D eigenvalue weighted by Crippen LogP contribution is -2.31. The van der Waals surface area contributed by atoms with Crippen molar-refractivity contribution in [3.63, 3.8) is 0 Å². The molecule has 112 valence electrons. The summed E-state index contributed by atoms with van der Waals surface area (Å²) in [4.78, 5) is 0. The third-order valence-electron chi connectivity index (χ3n) is 3.60. The van der Waals surface area contributed by atoms with Gasteiger partial charge in [0.2, 0.25) is 0 Å². The minimum absolute atomic E-state index is 0.0507. The Kier molecular flexibility index (Phi) is 5.60. The largest absolute Gasteiger partial charge is 0.207 e.